The van der Waals surface area contributed by atoms with E-state index in [1.54, 1.807) is 17.5 Å². The molecular weight excluding hydrogens is 426 g/mol. The second-order valence-corrected chi connectivity index (χ2v) is 8.95. The second kappa shape index (κ2) is 7.45. The first-order valence-corrected chi connectivity index (χ1v) is 11.6. The van der Waals surface area contributed by atoms with Crippen molar-refractivity contribution in [1.82, 2.24) is 39.5 Å². The SMILES string of the molecule is CC[C@@H]1c2nnc(C)n2-c2cnc(-c3cnn(C)c3-c3nccs3)nc2N1C1CCOC1. The Hall–Kier alpha value is -3.18. The van der Waals surface area contributed by atoms with Gasteiger partial charge >= 0.3 is 0 Å². The van der Waals surface area contributed by atoms with Crippen LogP contribution in [-0.2, 0) is 11.8 Å². The van der Waals surface area contributed by atoms with Gasteiger partial charge in [0.15, 0.2) is 17.5 Å². The highest BCUT2D eigenvalue weighted by Gasteiger charge is 2.40. The Morgan fingerprint density at radius 3 is 2.88 bits per heavy atom. The summed E-state index contributed by atoms with van der Waals surface area (Å²) < 4.78 is 9.67. The van der Waals surface area contributed by atoms with Crippen molar-refractivity contribution >= 4 is 17.2 Å². The van der Waals surface area contributed by atoms with E-state index in [2.05, 4.69) is 36.7 Å². The van der Waals surface area contributed by atoms with Crippen LogP contribution >= 0.6 is 11.3 Å². The third-order valence-corrected chi connectivity index (χ3v) is 7.00. The Labute approximate surface area is 188 Å². The Bertz CT molecular complexity index is 1270. The lowest BCUT2D eigenvalue weighted by Gasteiger charge is -2.40. The number of fused-ring (bicyclic) bond motifs is 3. The number of hydrogen-bond acceptors (Lipinski definition) is 9. The highest BCUT2D eigenvalue weighted by atomic mass is 32.1. The lowest BCUT2D eigenvalue weighted by atomic mass is 10.0. The highest BCUT2D eigenvalue weighted by molar-refractivity contribution is 7.13. The minimum atomic E-state index is 0.0745. The summed E-state index contributed by atoms with van der Waals surface area (Å²) in [5, 5.41) is 16.2. The molecule has 1 fully saturated rings. The summed E-state index contributed by atoms with van der Waals surface area (Å²) in [5.74, 6) is 3.30. The van der Waals surface area contributed by atoms with Gasteiger partial charge in [-0.05, 0) is 19.8 Å². The van der Waals surface area contributed by atoms with Gasteiger partial charge in [-0.15, -0.1) is 21.5 Å². The second-order valence-electron chi connectivity index (χ2n) is 8.06. The van der Waals surface area contributed by atoms with E-state index in [0.717, 1.165) is 58.9 Å². The van der Waals surface area contributed by atoms with E-state index < -0.39 is 0 Å². The van der Waals surface area contributed by atoms with Gasteiger partial charge in [0.1, 0.15) is 22.2 Å². The Morgan fingerprint density at radius 1 is 1.22 bits per heavy atom. The summed E-state index contributed by atoms with van der Waals surface area (Å²) in [7, 11) is 1.92. The molecular formula is C21H23N9OS. The van der Waals surface area contributed by atoms with E-state index in [1.165, 1.54) is 0 Å². The minimum Gasteiger partial charge on any atom is -0.379 e. The average molecular weight is 450 g/mol. The molecule has 0 N–H and O–H groups in total. The van der Waals surface area contributed by atoms with Crippen LogP contribution in [-0.4, -0.2) is 58.8 Å². The predicted molar refractivity (Wildman–Crippen MR) is 120 cm³/mol. The molecule has 1 unspecified atom stereocenters. The average Bonchev–Trinajstić information content (AvgIpc) is 3.60. The molecule has 4 aromatic rings. The lowest BCUT2D eigenvalue weighted by molar-refractivity contribution is 0.191. The zero-order valence-electron chi connectivity index (χ0n) is 18.1. The number of nitrogens with zero attached hydrogens (tertiary/aromatic N) is 9. The smallest absolute Gasteiger partial charge is 0.165 e. The molecule has 0 bridgehead atoms. The molecule has 0 saturated carbocycles. The van der Waals surface area contributed by atoms with E-state index >= 15 is 0 Å². The summed E-state index contributed by atoms with van der Waals surface area (Å²) >= 11 is 1.58. The Kier molecular flexibility index (Phi) is 4.54. The molecule has 6 rings (SSSR count). The number of rotatable bonds is 4. The van der Waals surface area contributed by atoms with Crippen molar-refractivity contribution < 1.29 is 4.74 Å². The first-order chi connectivity index (χ1) is 15.7. The van der Waals surface area contributed by atoms with Crippen LogP contribution in [0.25, 0.3) is 27.8 Å². The lowest BCUT2D eigenvalue weighted by Crippen LogP contribution is -2.43. The number of ether oxygens (including phenoxy) is 1. The molecule has 1 saturated heterocycles. The molecule has 32 heavy (non-hydrogen) atoms. The number of hydrogen-bond donors (Lipinski definition) is 0. The zero-order chi connectivity index (χ0) is 21.8. The van der Waals surface area contributed by atoms with Crippen LogP contribution in [0.4, 0.5) is 5.82 Å². The molecule has 6 heterocycles. The summed E-state index contributed by atoms with van der Waals surface area (Å²) in [5.41, 5.74) is 2.69. The molecule has 0 aromatic carbocycles. The molecule has 10 nitrogen and oxygen atoms in total. The molecule has 0 aliphatic carbocycles. The number of aromatic nitrogens is 8. The van der Waals surface area contributed by atoms with Gasteiger partial charge in [0.05, 0.1) is 36.6 Å². The zero-order valence-corrected chi connectivity index (χ0v) is 19.0. The topological polar surface area (TPSA) is 99.7 Å². The van der Waals surface area contributed by atoms with Crippen LogP contribution in [0.2, 0.25) is 0 Å². The van der Waals surface area contributed by atoms with E-state index in [-0.39, 0.29) is 12.1 Å². The quantitative estimate of drug-likeness (QED) is 0.469. The van der Waals surface area contributed by atoms with Gasteiger partial charge in [0, 0.05) is 25.2 Å². The van der Waals surface area contributed by atoms with Crippen LogP contribution in [0.15, 0.2) is 24.0 Å². The Morgan fingerprint density at radius 2 is 2.12 bits per heavy atom. The van der Waals surface area contributed by atoms with Crippen LogP contribution < -0.4 is 4.90 Å². The van der Waals surface area contributed by atoms with Crippen LogP contribution in [0.1, 0.15) is 37.5 Å². The standard InChI is InChI=1S/C21H23N9OS/c1-4-15-20-27-26-12(2)29(20)16-10-23-18(25-19(16)30(15)13-5-7-31-11-13)14-9-24-28(3)17(14)21-22-6-8-32-21/h6,8-10,13,15H,4-5,7,11H2,1-3H3/t13?,15-/m1/s1. The van der Waals surface area contributed by atoms with Crippen molar-refractivity contribution in [3.63, 3.8) is 0 Å². The number of thiazole rings is 1. The fraction of sp³-hybridized carbons (Fsp3) is 0.429. The van der Waals surface area contributed by atoms with Gasteiger partial charge in [-0.3, -0.25) is 9.25 Å². The molecule has 0 spiro atoms. The van der Waals surface area contributed by atoms with E-state index in [1.807, 2.05) is 36.4 Å². The van der Waals surface area contributed by atoms with Crippen molar-refractivity contribution in [3.05, 3.63) is 35.6 Å². The van der Waals surface area contributed by atoms with Gasteiger partial charge in [-0.25, -0.2) is 15.0 Å². The summed E-state index contributed by atoms with van der Waals surface area (Å²) in [6.07, 6.45) is 7.35. The summed E-state index contributed by atoms with van der Waals surface area (Å²) in [4.78, 5) is 16.7. The van der Waals surface area contributed by atoms with Crippen LogP contribution in [0.5, 0.6) is 0 Å². The minimum absolute atomic E-state index is 0.0745. The van der Waals surface area contributed by atoms with Crippen molar-refractivity contribution in [2.24, 2.45) is 7.05 Å². The number of anilines is 1. The third-order valence-electron chi connectivity index (χ3n) is 6.22. The van der Waals surface area contributed by atoms with Gasteiger partial charge in [-0.2, -0.15) is 5.10 Å². The first kappa shape index (κ1) is 19.5. The molecule has 11 heteroatoms. The van der Waals surface area contributed by atoms with E-state index in [9.17, 15) is 0 Å². The fourth-order valence-corrected chi connectivity index (χ4v) is 5.48. The third kappa shape index (κ3) is 2.81. The van der Waals surface area contributed by atoms with Gasteiger partial charge in [0.25, 0.3) is 0 Å². The van der Waals surface area contributed by atoms with Crippen LogP contribution in [0, 0.1) is 6.92 Å². The van der Waals surface area contributed by atoms with Gasteiger partial charge in [0.2, 0.25) is 0 Å². The van der Waals surface area contributed by atoms with Crippen molar-refractivity contribution in [1.29, 1.82) is 0 Å². The summed E-state index contributed by atoms with van der Waals surface area (Å²) in [6.45, 7) is 5.58. The molecule has 4 aromatic heterocycles. The maximum atomic E-state index is 5.75. The molecule has 2 atom stereocenters. The van der Waals surface area contributed by atoms with Crippen molar-refractivity contribution in [2.45, 2.75) is 38.8 Å². The predicted octanol–water partition coefficient (Wildman–Crippen LogP) is 2.95. The molecule has 2 aliphatic heterocycles. The maximum absolute atomic E-state index is 5.75. The fourth-order valence-electron chi connectivity index (χ4n) is 4.75. The molecule has 164 valence electrons. The molecule has 0 amide bonds. The Balaban J connectivity index is 1.56. The summed E-state index contributed by atoms with van der Waals surface area (Å²) in [6, 6.07) is 0.310. The van der Waals surface area contributed by atoms with E-state index in [0.29, 0.717) is 12.4 Å². The van der Waals surface area contributed by atoms with E-state index in [4.69, 9.17) is 14.7 Å². The molecule has 2 aliphatic rings. The van der Waals surface area contributed by atoms with Crippen molar-refractivity contribution in [2.75, 3.05) is 18.1 Å². The van der Waals surface area contributed by atoms with Crippen LogP contribution in [0.3, 0.4) is 0 Å². The van der Waals surface area contributed by atoms with Gasteiger partial charge < -0.3 is 9.64 Å². The van der Waals surface area contributed by atoms with Gasteiger partial charge in [-0.1, -0.05) is 6.92 Å². The van der Waals surface area contributed by atoms with Crippen molar-refractivity contribution in [3.8, 4) is 27.8 Å². The normalized spacial score (nSPS) is 19.9. The molecule has 0 radical (unpaired) electrons. The first-order valence-electron chi connectivity index (χ1n) is 10.7. The maximum Gasteiger partial charge on any atom is 0.165 e. The monoisotopic (exact) mass is 449 g/mol. The highest BCUT2D eigenvalue weighted by Crippen LogP contribution is 2.42. The largest absolute Gasteiger partial charge is 0.379 e. The number of aryl methyl sites for hydroxylation is 2.